The van der Waals surface area contributed by atoms with Gasteiger partial charge in [0.05, 0.1) is 0 Å². The second-order valence-corrected chi connectivity index (χ2v) is 6.36. The molecule has 0 unspecified atom stereocenters. The summed E-state index contributed by atoms with van der Waals surface area (Å²) in [6, 6.07) is -0.246. The Kier molecular flexibility index (Phi) is 5.20. The molecule has 1 rings (SSSR count). The standard InChI is InChI=1S/C14H26N2O3/c1-10(2)8-16(9-11(3)4)13(19)15-14(12(17)18)6-5-7-14/h10-11H,5-9H2,1-4H3,(H,15,19)(H,17,18). The first-order chi connectivity index (χ1) is 8.77. The summed E-state index contributed by atoms with van der Waals surface area (Å²) in [6.07, 6.45) is 1.93. The van der Waals surface area contributed by atoms with Crippen LogP contribution in [-0.4, -0.2) is 40.6 Å². The van der Waals surface area contributed by atoms with Gasteiger partial charge in [-0.15, -0.1) is 0 Å². The fourth-order valence-electron chi connectivity index (χ4n) is 2.33. The van der Waals surface area contributed by atoms with Crippen LogP contribution in [-0.2, 0) is 4.79 Å². The Hall–Kier alpha value is -1.26. The fraction of sp³-hybridized carbons (Fsp3) is 0.857. The lowest BCUT2D eigenvalue weighted by molar-refractivity contribution is -0.148. The number of nitrogens with one attached hydrogen (secondary N) is 1. The number of amides is 2. The van der Waals surface area contributed by atoms with Crippen LogP contribution in [0, 0.1) is 11.8 Å². The van der Waals surface area contributed by atoms with Gasteiger partial charge in [0.1, 0.15) is 5.54 Å². The quantitative estimate of drug-likeness (QED) is 0.778. The van der Waals surface area contributed by atoms with Gasteiger partial charge in [-0.1, -0.05) is 27.7 Å². The van der Waals surface area contributed by atoms with E-state index in [0.717, 1.165) is 6.42 Å². The molecule has 19 heavy (non-hydrogen) atoms. The van der Waals surface area contributed by atoms with Crippen molar-refractivity contribution in [2.75, 3.05) is 13.1 Å². The zero-order chi connectivity index (χ0) is 14.6. The summed E-state index contributed by atoms with van der Waals surface area (Å²) in [6.45, 7) is 9.51. The van der Waals surface area contributed by atoms with Gasteiger partial charge in [-0.2, -0.15) is 0 Å². The molecule has 0 aromatic rings. The summed E-state index contributed by atoms with van der Waals surface area (Å²) in [5.74, 6) is -0.181. The van der Waals surface area contributed by atoms with E-state index in [1.807, 2.05) is 0 Å². The van der Waals surface area contributed by atoms with E-state index in [-0.39, 0.29) is 6.03 Å². The number of nitrogens with zero attached hydrogens (tertiary/aromatic N) is 1. The molecule has 0 spiro atoms. The molecule has 1 saturated carbocycles. The van der Waals surface area contributed by atoms with E-state index in [1.165, 1.54) is 0 Å². The highest BCUT2D eigenvalue weighted by molar-refractivity contribution is 5.87. The molecule has 2 amide bonds. The number of urea groups is 1. The number of carboxylic acid groups (broad SMARTS) is 1. The largest absolute Gasteiger partial charge is 0.480 e. The Labute approximate surface area is 115 Å². The average molecular weight is 270 g/mol. The highest BCUT2D eigenvalue weighted by atomic mass is 16.4. The van der Waals surface area contributed by atoms with Crippen molar-refractivity contribution in [2.45, 2.75) is 52.5 Å². The second kappa shape index (κ2) is 6.26. The maximum atomic E-state index is 12.3. The Morgan fingerprint density at radius 3 is 1.89 bits per heavy atom. The smallest absolute Gasteiger partial charge is 0.329 e. The Balaban J connectivity index is 2.68. The lowest BCUT2D eigenvalue weighted by Gasteiger charge is -2.40. The van der Waals surface area contributed by atoms with Crippen LogP contribution < -0.4 is 5.32 Å². The van der Waals surface area contributed by atoms with E-state index in [2.05, 4.69) is 33.0 Å². The van der Waals surface area contributed by atoms with Gasteiger partial charge in [-0.25, -0.2) is 9.59 Å². The molecule has 0 aromatic carbocycles. The second-order valence-electron chi connectivity index (χ2n) is 6.36. The van der Waals surface area contributed by atoms with Crippen molar-refractivity contribution in [3.8, 4) is 0 Å². The first kappa shape index (κ1) is 15.8. The van der Waals surface area contributed by atoms with Gasteiger partial charge >= 0.3 is 12.0 Å². The molecule has 0 aromatic heterocycles. The third-order valence-corrected chi connectivity index (χ3v) is 3.42. The van der Waals surface area contributed by atoms with Crippen LogP contribution in [0.2, 0.25) is 0 Å². The van der Waals surface area contributed by atoms with Crippen LogP contribution in [0.15, 0.2) is 0 Å². The maximum absolute atomic E-state index is 12.3. The summed E-state index contributed by atoms with van der Waals surface area (Å²) in [4.78, 5) is 25.3. The molecule has 1 aliphatic carbocycles. The minimum atomic E-state index is -1.02. The SMILES string of the molecule is CC(C)CN(CC(C)C)C(=O)NC1(C(=O)O)CCC1. The third-order valence-electron chi connectivity index (χ3n) is 3.42. The van der Waals surface area contributed by atoms with Crippen molar-refractivity contribution in [2.24, 2.45) is 11.8 Å². The normalized spacial score (nSPS) is 17.2. The summed E-state index contributed by atoms with van der Waals surface area (Å²) in [5, 5.41) is 12.0. The lowest BCUT2D eigenvalue weighted by atomic mass is 9.77. The number of hydrogen-bond acceptors (Lipinski definition) is 2. The first-order valence-corrected chi connectivity index (χ1v) is 7.07. The fourth-order valence-corrected chi connectivity index (χ4v) is 2.33. The maximum Gasteiger partial charge on any atom is 0.329 e. The number of hydrogen-bond donors (Lipinski definition) is 2. The molecule has 1 fully saturated rings. The van der Waals surface area contributed by atoms with Gasteiger partial charge in [0.2, 0.25) is 0 Å². The van der Waals surface area contributed by atoms with Crippen LogP contribution in [0.3, 0.4) is 0 Å². The molecule has 5 heteroatoms. The zero-order valence-electron chi connectivity index (χ0n) is 12.4. The lowest BCUT2D eigenvalue weighted by Crippen LogP contribution is -2.62. The van der Waals surface area contributed by atoms with Crippen LogP contribution in [0.1, 0.15) is 47.0 Å². The highest BCUT2D eigenvalue weighted by Crippen LogP contribution is 2.32. The van der Waals surface area contributed by atoms with Crippen molar-refractivity contribution in [1.82, 2.24) is 10.2 Å². The van der Waals surface area contributed by atoms with E-state index in [4.69, 9.17) is 0 Å². The molecule has 0 bridgehead atoms. The minimum Gasteiger partial charge on any atom is -0.480 e. The molecule has 0 aliphatic heterocycles. The van der Waals surface area contributed by atoms with Crippen molar-refractivity contribution >= 4 is 12.0 Å². The summed E-state index contributed by atoms with van der Waals surface area (Å²) in [7, 11) is 0. The topological polar surface area (TPSA) is 69.6 Å². The van der Waals surface area contributed by atoms with Gasteiger partial charge in [-0.05, 0) is 31.1 Å². The molecule has 2 N–H and O–H groups in total. The molecule has 0 atom stereocenters. The summed E-state index contributed by atoms with van der Waals surface area (Å²) >= 11 is 0. The van der Waals surface area contributed by atoms with Crippen LogP contribution >= 0.6 is 0 Å². The third kappa shape index (κ3) is 4.11. The van der Waals surface area contributed by atoms with Gasteiger partial charge in [0.25, 0.3) is 0 Å². The Bertz CT molecular complexity index is 326. The van der Waals surface area contributed by atoms with Gasteiger partial charge in [0.15, 0.2) is 0 Å². The van der Waals surface area contributed by atoms with Crippen LogP contribution in [0.4, 0.5) is 4.79 Å². The number of rotatable bonds is 6. The molecule has 110 valence electrons. The number of aliphatic carboxylic acids is 1. The number of carbonyl (C=O) groups excluding carboxylic acids is 1. The average Bonchev–Trinajstić information content (AvgIpc) is 2.20. The van der Waals surface area contributed by atoms with Crippen LogP contribution in [0.25, 0.3) is 0 Å². The molecule has 0 saturated heterocycles. The zero-order valence-corrected chi connectivity index (χ0v) is 12.4. The predicted octanol–water partition coefficient (Wildman–Crippen LogP) is 2.32. The number of carboxylic acids is 1. The van der Waals surface area contributed by atoms with Crippen LogP contribution in [0.5, 0.6) is 0 Å². The molecular formula is C14H26N2O3. The molecule has 0 heterocycles. The van der Waals surface area contributed by atoms with E-state index < -0.39 is 11.5 Å². The monoisotopic (exact) mass is 270 g/mol. The van der Waals surface area contributed by atoms with E-state index in [9.17, 15) is 14.7 Å². The molecule has 5 nitrogen and oxygen atoms in total. The van der Waals surface area contributed by atoms with E-state index in [0.29, 0.717) is 37.8 Å². The van der Waals surface area contributed by atoms with E-state index >= 15 is 0 Å². The van der Waals surface area contributed by atoms with Gasteiger partial charge in [0, 0.05) is 13.1 Å². The Morgan fingerprint density at radius 2 is 1.63 bits per heavy atom. The molecular weight excluding hydrogens is 244 g/mol. The summed E-state index contributed by atoms with van der Waals surface area (Å²) in [5.41, 5.74) is -1.02. The first-order valence-electron chi connectivity index (χ1n) is 7.07. The Morgan fingerprint density at radius 1 is 1.16 bits per heavy atom. The van der Waals surface area contributed by atoms with Gasteiger partial charge < -0.3 is 15.3 Å². The summed E-state index contributed by atoms with van der Waals surface area (Å²) < 4.78 is 0. The van der Waals surface area contributed by atoms with E-state index in [1.54, 1.807) is 4.90 Å². The minimum absolute atomic E-state index is 0.246. The molecule has 0 radical (unpaired) electrons. The van der Waals surface area contributed by atoms with Crippen molar-refractivity contribution in [3.63, 3.8) is 0 Å². The predicted molar refractivity (Wildman–Crippen MR) is 74.0 cm³/mol. The number of carbonyl (C=O) groups is 2. The van der Waals surface area contributed by atoms with Crippen molar-refractivity contribution < 1.29 is 14.7 Å². The highest BCUT2D eigenvalue weighted by Gasteiger charge is 2.46. The van der Waals surface area contributed by atoms with Crippen molar-refractivity contribution in [1.29, 1.82) is 0 Å². The van der Waals surface area contributed by atoms with Gasteiger partial charge in [-0.3, -0.25) is 0 Å². The molecule has 1 aliphatic rings. The van der Waals surface area contributed by atoms with Crippen molar-refractivity contribution in [3.05, 3.63) is 0 Å².